The van der Waals surface area contributed by atoms with Crippen LogP contribution >= 0.6 is 11.3 Å². The van der Waals surface area contributed by atoms with E-state index in [2.05, 4.69) is 24.1 Å². The molecule has 1 aliphatic heterocycles. The fraction of sp³-hybridized carbons (Fsp3) is 0.800. The van der Waals surface area contributed by atoms with Crippen LogP contribution in [0.25, 0.3) is 0 Å². The molecule has 0 aromatic carbocycles. The highest BCUT2D eigenvalue weighted by Crippen LogP contribution is 2.19. The van der Waals surface area contributed by atoms with Crippen LogP contribution in [0.4, 0.5) is 0 Å². The molecule has 1 fully saturated rings. The van der Waals surface area contributed by atoms with Gasteiger partial charge in [-0.15, -0.1) is 11.3 Å². The van der Waals surface area contributed by atoms with Gasteiger partial charge in [-0.05, 0) is 45.8 Å². The van der Waals surface area contributed by atoms with Crippen molar-refractivity contribution in [3.63, 3.8) is 0 Å². The molecule has 3 nitrogen and oxygen atoms in total. The molecule has 0 saturated carbocycles. The van der Waals surface area contributed by atoms with Gasteiger partial charge in [0.25, 0.3) is 0 Å². The molecule has 4 heteroatoms. The summed E-state index contributed by atoms with van der Waals surface area (Å²) in [5.41, 5.74) is 1.23. The van der Waals surface area contributed by atoms with Gasteiger partial charge in [0.2, 0.25) is 0 Å². The second-order valence-corrected chi connectivity index (χ2v) is 6.61. The Balaban J connectivity index is 1.75. The fourth-order valence-corrected chi connectivity index (χ4v) is 3.55. The van der Waals surface area contributed by atoms with Gasteiger partial charge in [-0.3, -0.25) is 0 Å². The number of nitrogens with zero attached hydrogens (tertiary/aromatic N) is 2. The third-order valence-electron chi connectivity index (χ3n) is 3.77. The van der Waals surface area contributed by atoms with Crippen molar-refractivity contribution in [2.24, 2.45) is 0 Å². The lowest BCUT2D eigenvalue weighted by molar-refractivity contribution is 0.343. The summed E-state index contributed by atoms with van der Waals surface area (Å²) in [6.07, 6.45) is 6.41. The minimum atomic E-state index is 0.993. The molecule has 0 unspecified atom stereocenters. The topological polar surface area (TPSA) is 28.2 Å². The largest absolute Gasteiger partial charge is 0.312 e. The summed E-state index contributed by atoms with van der Waals surface area (Å²) >= 11 is 1.90. The molecule has 1 aromatic rings. The van der Waals surface area contributed by atoms with Crippen LogP contribution in [0.5, 0.6) is 0 Å². The van der Waals surface area contributed by atoms with Crippen LogP contribution in [-0.2, 0) is 13.0 Å². The van der Waals surface area contributed by atoms with Crippen LogP contribution in [0.3, 0.4) is 0 Å². The number of hydrogen-bond acceptors (Lipinski definition) is 4. The highest BCUT2D eigenvalue weighted by molar-refractivity contribution is 7.11. The van der Waals surface area contributed by atoms with E-state index < -0.39 is 0 Å². The van der Waals surface area contributed by atoms with Crippen molar-refractivity contribution in [3.05, 3.63) is 15.6 Å². The van der Waals surface area contributed by atoms with Gasteiger partial charge in [0.05, 0.1) is 10.7 Å². The third kappa shape index (κ3) is 4.86. The maximum absolute atomic E-state index is 4.72. The van der Waals surface area contributed by atoms with Crippen molar-refractivity contribution in [3.8, 4) is 0 Å². The molecule has 0 bridgehead atoms. The molecule has 0 amide bonds. The first-order valence-corrected chi connectivity index (χ1v) is 8.49. The van der Waals surface area contributed by atoms with Gasteiger partial charge in [0.1, 0.15) is 0 Å². The number of nitrogens with one attached hydrogen (secondary N) is 1. The molecule has 1 N–H and O–H groups in total. The molecule has 0 spiro atoms. The quantitative estimate of drug-likeness (QED) is 0.743. The van der Waals surface area contributed by atoms with Crippen molar-refractivity contribution in [1.82, 2.24) is 15.2 Å². The monoisotopic (exact) mass is 281 g/mol. The highest BCUT2D eigenvalue weighted by Gasteiger charge is 2.13. The van der Waals surface area contributed by atoms with Crippen molar-refractivity contribution in [2.75, 3.05) is 26.2 Å². The summed E-state index contributed by atoms with van der Waals surface area (Å²) in [4.78, 5) is 8.71. The maximum atomic E-state index is 4.72. The highest BCUT2D eigenvalue weighted by atomic mass is 32.1. The lowest BCUT2D eigenvalue weighted by atomic mass is 10.3. The van der Waals surface area contributed by atoms with Gasteiger partial charge >= 0.3 is 0 Å². The molecule has 0 aliphatic carbocycles. The second kappa shape index (κ2) is 7.98. The Morgan fingerprint density at radius 1 is 1.32 bits per heavy atom. The zero-order valence-corrected chi connectivity index (χ0v) is 13.2. The van der Waals surface area contributed by atoms with Crippen LogP contribution in [0.1, 0.15) is 48.2 Å². The van der Waals surface area contributed by atoms with E-state index in [-0.39, 0.29) is 0 Å². The van der Waals surface area contributed by atoms with E-state index in [9.17, 15) is 0 Å². The molecule has 0 radical (unpaired) electrons. The Kier molecular flexibility index (Phi) is 6.28. The Morgan fingerprint density at radius 3 is 2.84 bits per heavy atom. The van der Waals surface area contributed by atoms with Gasteiger partial charge < -0.3 is 10.2 Å². The average Bonchev–Trinajstić information content (AvgIpc) is 3.02. The summed E-state index contributed by atoms with van der Waals surface area (Å²) in [7, 11) is 0. The Morgan fingerprint density at radius 2 is 2.11 bits per heavy atom. The smallest absolute Gasteiger partial charge is 0.0944 e. The van der Waals surface area contributed by atoms with E-state index in [0.717, 1.165) is 19.5 Å². The number of likely N-dealkylation sites (tertiary alicyclic amines) is 1. The molecule has 19 heavy (non-hydrogen) atoms. The summed E-state index contributed by atoms with van der Waals surface area (Å²) in [5.74, 6) is 0. The molecular formula is C15H27N3S. The van der Waals surface area contributed by atoms with E-state index >= 15 is 0 Å². The summed E-state index contributed by atoms with van der Waals surface area (Å²) in [6.45, 7) is 10.3. The van der Waals surface area contributed by atoms with Gasteiger partial charge in [-0.25, -0.2) is 4.98 Å². The van der Waals surface area contributed by atoms with E-state index in [1.165, 1.54) is 60.9 Å². The van der Waals surface area contributed by atoms with Crippen LogP contribution < -0.4 is 5.32 Å². The standard InChI is InChI=1S/C15H27N3S/c1-3-4-8-16-12-14-13(2)17-15(19-14)7-11-18-9-5-6-10-18/h16H,3-12H2,1-2H3. The van der Waals surface area contributed by atoms with Crippen LogP contribution in [0, 0.1) is 6.92 Å². The predicted molar refractivity (Wildman–Crippen MR) is 82.8 cm³/mol. The summed E-state index contributed by atoms with van der Waals surface area (Å²) < 4.78 is 0. The number of thiazole rings is 1. The predicted octanol–water partition coefficient (Wildman–Crippen LogP) is 2.98. The number of aromatic nitrogens is 1. The van der Waals surface area contributed by atoms with E-state index in [1.807, 2.05) is 11.3 Å². The minimum absolute atomic E-state index is 0.993. The van der Waals surface area contributed by atoms with Gasteiger partial charge in [-0.1, -0.05) is 13.3 Å². The lowest BCUT2D eigenvalue weighted by Gasteiger charge is -2.12. The molecule has 1 saturated heterocycles. The first-order chi connectivity index (χ1) is 9.29. The molecule has 1 aliphatic rings. The molecule has 108 valence electrons. The molecular weight excluding hydrogens is 254 g/mol. The lowest BCUT2D eigenvalue weighted by Crippen LogP contribution is -2.21. The van der Waals surface area contributed by atoms with E-state index in [4.69, 9.17) is 4.98 Å². The molecule has 0 atom stereocenters. The first-order valence-electron chi connectivity index (χ1n) is 7.68. The second-order valence-electron chi connectivity index (χ2n) is 5.45. The number of hydrogen-bond donors (Lipinski definition) is 1. The minimum Gasteiger partial charge on any atom is -0.312 e. The third-order valence-corrected chi connectivity index (χ3v) is 4.99. The number of aryl methyl sites for hydroxylation is 1. The van der Waals surface area contributed by atoms with Crippen LogP contribution in [0.2, 0.25) is 0 Å². The van der Waals surface area contributed by atoms with E-state index in [0.29, 0.717) is 0 Å². The van der Waals surface area contributed by atoms with E-state index in [1.54, 1.807) is 0 Å². The van der Waals surface area contributed by atoms with Crippen molar-refractivity contribution in [2.45, 2.75) is 52.5 Å². The average molecular weight is 281 g/mol. The maximum Gasteiger partial charge on any atom is 0.0944 e. The van der Waals surface area contributed by atoms with Gasteiger partial charge in [0.15, 0.2) is 0 Å². The summed E-state index contributed by atoms with van der Waals surface area (Å²) in [5, 5.41) is 4.83. The summed E-state index contributed by atoms with van der Waals surface area (Å²) in [6, 6.07) is 0. The zero-order valence-electron chi connectivity index (χ0n) is 12.4. The normalized spacial score (nSPS) is 16.3. The number of unbranched alkanes of at least 4 members (excludes halogenated alkanes) is 1. The van der Waals surface area contributed by atoms with Crippen LogP contribution in [-0.4, -0.2) is 36.1 Å². The Hall–Kier alpha value is -0.450. The van der Waals surface area contributed by atoms with Crippen molar-refractivity contribution < 1.29 is 0 Å². The molecule has 2 heterocycles. The van der Waals surface area contributed by atoms with Crippen molar-refractivity contribution in [1.29, 1.82) is 0 Å². The molecule has 1 aromatic heterocycles. The van der Waals surface area contributed by atoms with Gasteiger partial charge in [0, 0.05) is 24.4 Å². The number of rotatable bonds is 8. The Labute approximate surface area is 121 Å². The molecule has 2 rings (SSSR count). The first kappa shape index (κ1) is 14.9. The van der Waals surface area contributed by atoms with Crippen LogP contribution in [0.15, 0.2) is 0 Å². The van der Waals surface area contributed by atoms with Gasteiger partial charge in [-0.2, -0.15) is 0 Å². The SMILES string of the molecule is CCCCNCc1sc(CCN2CCCC2)nc1C. The van der Waals surface area contributed by atoms with Crippen molar-refractivity contribution >= 4 is 11.3 Å². The zero-order chi connectivity index (χ0) is 13.5. The fourth-order valence-electron chi connectivity index (χ4n) is 2.52. The Bertz CT molecular complexity index is 369.